The number of amides is 1. The fraction of sp³-hybridized carbons (Fsp3) is 0.423. The van der Waals surface area contributed by atoms with Crippen molar-refractivity contribution in [1.29, 1.82) is 0 Å². The van der Waals surface area contributed by atoms with Crippen molar-refractivity contribution in [2.75, 3.05) is 30.4 Å². The molecule has 0 spiro atoms. The Balaban J connectivity index is 1.70. The average Bonchev–Trinajstić information content (AvgIpc) is 3.37. The van der Waals surface area contributed by atoms with Gasteiger partial charge in [0.15, 0.2) is 0 Å². The van der Waals surface area contributed by atoms with Crippen molar-refractivity contribution < 1.29 is 23.1 Å². The van der Waals surface area contributed by atoms with Crippen molar-refractivity contribution >= 4 is 63.4 Å². The van der Waals surface area contributed by atoms with E-state index in [1.807, 2.05) is 20.8 Å². The number of esters is 1. The number of carbonyl (C=O) groups excluding carboxylic acids is 2. The monoisotopic (exact) mass is 567 g/mol. The molecule has 0 aliphatic carbocycles. The zero-order valence-corrected chi connectivity index (χ0v) is 23.2. The lowest BCUT2D eigenvalue weighted by Crippen LogP contribution is -2.34. The van der Waals surface area contributed by atoms with Crippen LogP contribution in [0.5, 0.6) is 0 Å². The summed E-state index contributed by atoms with van der Waals surface area (Å²) >= 11 is 13.1. The van der Waals surface area contributed by atoms with Crippen LogP contribution in [-0.4, -0.2) is 47.5 Å². The minimum Gasteiger partial charge on any atom is -0.465 e. The Labute approximate surface area is 229 Å². The molecule has 4 rings (SSSR count). The molecular formula is C26H29Cl2F2N5O3. The van der Waals surface area contributed by atoms with Crippen LogP contribution in [-0.2, 0) is 23.1 Å². The summed E-state index contributed by atoms with van der Waals surface area (Å²) in [6.07, 6.45) is -0.298. The van der Waals surface area contributed by atoms with Crippen LogP contribution in [0, 0.1) is 5.41 Å². The fourth-order valence-corrected chi connectivity index (χ4v) is 4.75. The number of aromatic nitrogens is 2. The van der Waals surface area contributed by atoms with Gasteiger partial charge in [0.25, 0.3) is 5.92 Å². The molecule has 8 nitrogen and oxygen atoms in total. The quantitative estimate of drug-likeness (QED) is 0.359. The summed E-state index contributed by atoms with van der Waals surface area (Å²) in [4.78, 5) is 30.9. The van der Waals surface area contributed by atoms with E-state index in [2.05, 4.69) is 15.6 Å². The molecule has 0 unspecified atom stereocenters. The van der Waals surface area contributed by atoms with Gasteiger partial charge in [-0.2, -0.15) is 0 Å². The second-order valence-corrected chi connectivity index (χ2v) is 11.1. The Morgan fingerprint density at radius 3 is 2.53 bits per heavy atom. The largest absolute Gasteiger partial charge is 0.465 e. The van der Waals surface area contributed by atoms with Gasteiger partial charge in [-0.3, -0.25) is 4.79 Å². The summed E-state index contributed by atoms with van der Waals surface area (Å²) in [5.41, 5.74) is 2.04. The molecule has 1 aromatic heterocycles. The third-order valence-corrected chi connectivity index (χ3v) is 7.19. The lowest BCUT2D eigenvalue weighted by Gasteiger charge is -2.21. The molecule has 38 heavy (non-hydrogen) atoms. The minimum atomic E-state index is -2.84. The van der Waals surface area contributed by atoms with E-state index in [9.17, 15) is 18.4 Å². The average molecular weight is 568 g/mol. The van der Waals surface area contributed by atoms with Gasteiger partial charge < -0.3 is 24.8 Å². The van der Waals surface area contributed by atoms with Crippen LogP contribution >= 0.6 is 23.2 Å². The molecule has 2 heterocycles. The number of hydrogen-bond donors (Lipinski definition) is 2. The number of carbonyl (C=O) groups is 2. The molecule has 3 aromatic rings. The first-order valence-corrected chi connectivity index (χ1v) is 12.7. The molecule has 2 aromatic carbocycles. The van der Waals surface area contributed by atoms with Crippen LogP contribution in [0.1, 0.15) is 43.1 Å². The van der Waals surface area contributed by atoms with Crippen molar-refractivity contribution in [3.8, 4) is 0 Å². The molecular weight excluding hydrogens is 539 g/mol. The summed E-state index contributed by atoms with van der Waals surface area (Å²) < 4.78 is 34.6. The number of methoxy groups -OCH3 is 1. The molecule has 1 aliphatic heterocycles. The maximum Gasteiger partial charge on any atom is 0.340 e. The zero-order valence-electron chi connectivity index (χ0n) is 21.7. The summed E-state index contributed by atoms with van der Waals surface area (Å²) in [5.74, 6) is -3.25. The van der Waals surface area contributed by atoms with Gasteiger partial charge in [0.2, 0.25) is 11.9 Å². The lowest BCUT2D eigenvalue weighted by molar-refractivity contribution is -0.128. The standard InChI is InChI=1S/C26H29Cl2F2N5O3/c1-25(2,3)23(37)31-12-14-6-7-16(27)21(20(14)28)33-24-32-17-10-15(22(36)38-5)18(11-19(17)34(24)4)35-9-8-26(29,30)13-35/h6-7,10-11H,8-9,12-13H2,1-5H3,(H,31,37)(H,32,33). The van der Waals surface area contributed by atoms with E-state index in [-0.39, 0.29) is 31.0 Å². The number of aryl methyl sites for hydroxylation is 1. The fourth-order valence-electron chi connectivity index (χ4n) is 4.21. The molecule has 0 atom stereocenters. The Hall–Kier alpha value is -3.11. The molecule has 12 heteroatoms. The minimum absolute atomic E-state index is 0.106. The van der Waals surface area contributed by atoms with Crippen LogP contribution in [0.2, 0.25) is 10.0 Å². The van der Waals surface area contributed by atoms with Crippen LogP contribution in [0.3, 0.4) is 0 Å². The summed E-state index contributed by atoms with van der Waals surface area (Å²) in [5, 5.41) is 6.66. The highest BCUT2D eigenvalue weighted by Crippen LogP contribution is 2.38. The van der Waals surface area contributed by atoms with Crippen molar-refractivity contribution in [1.82, 2.24) is 14.9 Å². The molecule has 0 saturated carbocycles. The number of rotatable bonds is 6. The summed E-state index contributed by atoms with van der Waals surface area (Å²) in [6, 6.07) is 6.58. The van der Waals surface area contributed by atoms with Crippen molar-refractivity contribution in [2.24, 2.45) is 12.5 Å². The number of nitrogens with zero attached hydrogens (tertiary/aromatic N) is 3. The van der Waals surface area contributed by atoms with Gasteiger partial charge in [-0.05, 0) is 23.8 Å². The van der Waals surface area contributed by atoms with Gasteiger partial charge in [0, 0.05) is 32.0 Å². The maximum absolute atomic E-state index is 14.0. The SMILES string of the molecule is COC(=O)c1cc2nc(Nc3c(Cl)ccc(CNC(=O)C(C)(C)C)c3Cl)n(C)c2cc1N1CCC(F)(F)C1. The Morgan fingerprint density at radius 1 is 1.21 bits per heavy atom. The number of ether oxygens (including phenoxy) is 1. The van der Waals surface area contributed by atoms with Crippen LogP contribution in [0.15, 0.2) is 24.3 Å². The van der Waals surface area contributed by atoms with E-state index in [4.69, 9.17) is 27.9 Å². The van der Waals surface area contributed by atoms with Gasteiger partial charge >= 0.3 is 5.97 Å². The lowest BCUT2D eigenvalue weighted by atomic mass is 9.95. The van der Waals surface area contributed by atoms with Crippen LogP contribution in [0.4, 0.5) is 26.1 Å². The van der Waals surface area contributed by atoms with E-state index in [1.54, 1.807) is 29.8 Å². The number of hydrogen-bond acceptors (Lipinski definition) is 6. The second kappa shape index (κ2) is 10.2. The molecule has 1 amide bonds. The van der Waals surface area contributed by atoms with E-state index in [0.29, 0.717) is 44.0 Å². The first-order chi connectivity index (χ1) is 17.7. The Bertz CT molecular complexity index is 1420. The molecule has 0 radical (unpaired) electrons. The van der Waals surface area contributed by atoms with E-state index < -0.39 is 23.9 Å². The molecule has 2 N–H and O–H groups in total. The molecule has 1 aliphatic rings. The Morgan fingerprint density at radius 2 is 1.92 bits per heavy atom. The number of imidazole rings is 1. The highest BCUT2D eigenvalue weighted by atomic mass is 35.5. The van der Waals surface area contributed by atoms with Gasteiger partial charge in [-0.15, -0.1) is 0 Å². The zero-order chi connectivity index (χ0) is 28.0. The predicted octanol–water partition coefficient (Wildman–Crippen LogP) is 5.92. The summed E-state index contributed by atoms with van der Waals surface area (Å²) in [6.45, 7) is 5.27. The van der Waals surface area contributed by atoms with Gasteiger partial charge in [0.1, 0.15) is 0 Å². The maximum atomic E-state index is 14.0. The smallest absolute Gasteiger partial charge is 0.340 e. The van der Waals surface area contributed by atoms with Crippen LogP contribution in [0.25, 0.3) is 11.0 Å². The molecule has 1 saturated heterocycles. The number of anilines is 3. The van der Waals surface area contributed by atoms with Crippen LogP contribution < -0.4 is 15.5 Å². The highest BCUT2D eigenvalue weighted by molar-refractivity contribution is 6.39. The van der Waals surface area contributed by atoms with Gasteiger partial charge in [0.05, 0.1) is 51.7 Å². The topological polar surface area (TPSA) is 88.5 Å². The third kappa shape index (κ3) is 5.51. The van der Waals surface area contributed by atoms with Gasteiger partial charge in [-0.25, -0.2) is 18.6 Å². The van der Waals surface area contributed by atoms with Crippen molar-refractivity contribution in [2.45, 2.75) is 39.7 Å². The molecule has 0 bridgehead atoms. The third-order valence-electron chi connectivity index (χ3n) is 6.44. The number of fused-ring (bicyclic) bond motifs is 1. The van der Waals surface area contributed by atoms with Crippen molar-refractivity contribution in [3.05, 3.63) is 45.4 Å². The first-order valence-electron chi connectivity index (χ1n) is 12.0. The normalized spacial score (nSPS) is 15.1. The van der Waals surface area contributed by atoms with E-state index in [1.165, 1.54) is 18.1 Å². The summed E-state index contributed by atoms with van der Waals surface area (Å²) in [7, 11) is 2.98. The first kappa shape index (κ1) is 27.9. The van der Waals surface area contributed by atoms with E-state index in [0.717, 1.165) is 0 Å². The number of alkyl halides is 2. The highest BCUT2D eigenvalue weighted by Gasteiger charge is 2.39. The number of halogens is 4. The predicted molar refractivity (Wildman–Crippen MR) is 145 cm³/mol. The van der Waals surface area contributed by atoms with Gasteiger partial charge in [-0.1, -0.05) is 50.0 Å². The van der Waals surface area contributed by atoms with E-state index >= 15 is 0 Å². The second-order valence-electron chi connectivity index (χ2n) is 10.3. The van der Waals surface area contributed by atoms with Crippen molar-refractivity contribution in [3.63, 3.8) is 0 Å². The number of benzene rings is 2. The Kier molecular flexibility index (Phi) is 7.51. The molecule has 204 valence electrons. The molecule has 1 fully saturated rings. The number of nitrogens with one attached hydrogen (secondary N) is 2.